The number of carbonyl (C=O) groups is 1. The Bertz CT molecular complexity index is 681. The molecule has 0 aromatic heterocycles. The molecule has 1 aliphatic carbocycles. The summed E-state index contributed by atoms with van der Waals surface area (Å²) >= 11 is 3.45. The van der Waals surface area contributed by atoms with E-state index in [0.717, 1.165) is 40.4 Å². The number of aryl methyl sites for hydroxylation is 1. The highest BCUT2D eigenvalue weighted by Gasteiger charge is 2.25. The van der Waals surface area contributed by atoms with E-state index >= 15 is 0 Å². The van der Waals surface area contributed by atoms with Crippen LogP contribution in [-0.2, 0) is 12.8 Å². The van der Waals surface area contributed by atoms with Gasteiger partial charge in [-0.25, -0.2) is 4.39 Å². The van der Waals surface area contributed by atoms with Crippen molar-refractivity contribution in [3.63, 3.8) is 0 Å². The third-order valence-corrected chi connectivity index (χ3v) is 4.90. The smallest absolute Gasteiger partial charge is 0.166 e. The molecule has 1 nitrogen and oxygen atoms in total. The maximum atomic E-state index is 13.4. The minimum absolute atomic E-state index is 0.0632. The molecule has 3 rings (SSSR count). The van der Waals surface area contributed by atoms with E-state index < -0.39 is 0 Å². The van der Waals surface area contributed by atoms with Crippen LogP contribution < -0.4 is 0 Å². The fourth-order valence-corrected chi connectivity index (χ4v) is 3.44. The first-order valence-corrected chi connectivity index (χ1v) is 8.00. The topological polar surface area (TPSA) is 17.1 Å². The Morgan fingerprint density at radius 1 is 1.19 bits per heavy atom. The van der Waals surface area contributed by atoms with Crippen LogP contribution in [-0.4, -0.2) is 5.78 Å². The Hall–Kier alpha value is -1.48. The zero-order chi connectivity index (χ0) is 14.8. The zero-order valence-electron chi connectivity index (χ0n) is 11.6. The maximum Gasteiger partial charge on any atom is 0.166 e. The number of carbonyl (C=O) groups excluding carboxylic acids is 1. The number of fused-ring (bicyclic) bond motifs is 1. The van der Waals surface area contributed by atoms with Crippen LogP contribution in [0.15, 0.2) is 46.9 Å². The molecule has 21 heavy (non-hydrogen) atoms. The Morgan fingerprint density at radius 3 is 2.86 bits per heavy atom. The van der Waals surface area contributed by atoms with Gasteiger partial charge in [-0.2, -0.15) is 0 Å². The highest BCUT2D eigenvalue weighted by atomic mass is 79.9. The van der Waals surface area contributed by atoms with E-state index in [9.17, 15) is 9.18 Å². The molecule has 0 saturated heterocycles. The number of rotatable bonds is 2. The number of halogens is 2. The minimum Gasteiger partial charge on any atom is -0.294 e. The number of ketones is 1. The highest BCUT2D eigenvalue weighted by molar-refractivity contribution is 9.10. The molecule has 108 valence electrons. The SMILES string of the molecule is O=C1c2ccccc2CCCC1Cc1cc(F)ccc1Br. The molecule has 0 spiro atoms. The first-order valence-electron chi connectivity index (χ1n) is 7.21. The second-order valence-corrected chi connectivity index (χ2v) is 6.40. The molecule has 2 aromatic rings. The largest absolute Gasteiger partial charge is 0.294 e. The molecule has 0 bridgehead atoms. The van der Waals surface area contributed by atoms with Gasteiger partial charge >= 0.3 is 0 Å². The molecule has 0 saturated carbocycles. The first kappa shape index (κ1) is 14.5. The fourth-order valence-electron chi connectivity index (χ4n) is 3.03. The van der Waals surface area contributed by atoms with Gasteiger partial charge < -0.3 is 0 Å². The summed E-state index contributed by atoms with van der Waals surface area (Å²) in [4.78, 5) is 12.7. The van der Waals surface area contributed by atoms with Crippen LogP contribution in [0.4, 0.5) is 4.39 Å². The molecule has 1 atom stereocenters. The molecule has 3 heteroatoms. The van der Waals surface area contributed by atoms with E-state index in [4.69, 9.17) is 0 Å². The van der Waals surface area contributed by atoms with Gasteiger partial charge in [-0.3, -0.25) is 4.79 Å². The third kappa shape index (κ3) is 3.08. The monoisotopic (exact) mass is 346 g/mol. The van der Waals surface area contributed by atoms with Gasteiger partial charge in [0.25, 0.3) is 0 Å². The van der Waals surface area contributed by atoms with Crippen molar-refractivity contribution in [3.05, 3.63) is 69.4 Å². The van der Waals surface area contributed by atoms with Crippen LogP contribution in [0.3, 0.4) is 0 Å². The molecule has 1 aliphatic rings. The standard InChI is InChI=1S/C18H16BrFO/c19-17-9-8-15(20)11-14(17)10-13-6-3-5-12-4-1-2-7-16(12)18(13)21/h1-2,4,7-9,11,13H,3,5-6,10H2. The molecule has 0 aliphatic heterocycles. The molecule has 2 aromatic carbocycles. The summed E-state index contributed by atoms with van der Waals surface area (Å²) in [5.74, 6) is -0.124. The van der Waals surface area contributed by atoms with Crippen LogP contribution in [0.1, 0.15) is 34.3 Å². The van der Waals surface area contributed by atoms with E-state index in [1.807, 2.05) is 24.3 Å². The summed E-state index contributed by atoms with van der Waals surface area (Å²) in [7, 11) is 0. The van der Waals surface area contributed by atoms with Gasteiger partial charge in [0.2, 0.25) is 0 Å². The molecule has 0 heterocycles. The van der Waals surface area contributed by atoms with Gasteiger partial charge in [0.15, 0.2) is 5.78 Å². The van der Waals surface area contributed by atoms with Gasteiger partial charge in [-0.05, 0) is 55.0 Å². The van der Waals surface area contributed by atoms with Crippen molar-refractivity contribution < 1.29 is 9.18 Å². The van der Waals surface area contributed by atoms with Crippen LogP contribution in [0, 0.1) is 11.7 Å². The lowest BCUT2D eigenvalue weighted by atomic mass is 9.89. The van der Waals surface area contributed by atoms with Crippen molar-refractivity contribution in [2.24, 2.45) is 5.92 Å². The van der Waals surface area contributed by atoms with Gasteiger partial charge in [0.05, 0.1) is 0 Å². The van der Waals surface area contributed by atoms with Gasteiger partial charge in [-0.15, -0.1) is 0 Å². The van der Waals surface area contributed by atoms with Crippen molar-refractivity contribution in [1.29, 1.82) is 0 Å². The van der Waals surface area contributed by atoms with Crippen LogP contribution in [0.2, 0.25) is 0 Å². The summed E-state index contributed by atoms with van der Waals surface area (Å²) in [6.45, 7) is 0. The normalized spacial score (nSPS) is 18.2. The second-order valence-electron chi connectivity index (χ2n) is 5.55. The van der Waals surface area contributed by atoms with Gasteiger partial charge in [-0.1, -0.05) is 40.2 Å². The third-order valence-electron chi connectivity index (χ3n) is 4.13. The highest BCUT2D eigenvalue weighted by Crippen LogP contribution is 2.29. The lowest BCUT2D eigenvalue weighted by Gasteiger charge is -2.15. The number of benzene rings is 2. The predicted octanol–water partition coefficient (Wildman–Crippen LogP) is 4.97. The summed E-state index contributed by atoms with van der Waals surface area (Å²) in [6.07, 6.45) is 3.39. The van der Waals surface area contributed by atoms with Gasteiger partial charge in [0, 0.05) is 16.0 Å². The van der Waals surface area contributed by atoms with Crippen molar-refractivity contribution in [2.75, 3.05) is 0 Å². The second kappa shape index (κ2) is 6.10. The zero-order valence-corrected chi connectivity index (χ0v) is 13.2. The lowest BCUT2D eigenvalue weighted by molar-refractivity contribution is 0.0915. The van der Waals surface area contributed by atoms with Gasteiger partial charge in [0.1, 0.15) is 5.82 Å². The van der Waals surface area contributed by atoms with Crippen LogP contribution >= 0.6 is 15.9 Å². The average Bonchev–Trinajstić information content (AvgIpc) is 2.64. The molecule has 0 radical (unpaired) electrons. The Labute approximate surface area is 132 Å². The van der Waals surface area contributed by atoms with Crippen molar-refractivity contribution in [3.8, 4) is 0 Å². The molecule has 0 fully saturated rings. The van der Waals surface area contributed by atoms with Crippen LogP contribution in [0.25, 0.3) is 0 Å². The van der Waals surface area contributed by atoms with Crippen LogP contribution in [0.5, 0.6) is 0 Å². The molecule has 0 amide bonds. The summed E-state index contributed by atoms with van der Waals surface area (Å²) in [5.41, 5.74) is 2.85. The van der Waals surface area contributed by atoms with E-state index in [0.29, 0.717) is 6.42 Å². The summed E-state index contributed by atoms with van der Waals surface area (Å²) < 4.78 is 14.3. The molecule has 0 N–H and O–H groups in total. The molecule has 1 unspecified atom stereocenters. The predicted molar refractivity (Wildman–Crippen MR) is 85.0 cm³/mol. The number of hydrogen-bond acceptors (Lipinski definition) is 1. The summed E-state index contributed by atoms with van der Waals surface area (Å²) in [5, 5.41) is 0. The minimum atomic E-state index is -0.255. The van der Waals surface area contributed by atoms with E-state index in [-0.39, 0.29) is 17.5 Å². The van der Waals surface area contributed by atoms with E-state index in [2.05, 4.69) is 15.9 Å². The van der Waals surface area contributed by atoms with Crippen molar-refractivity contribution >= 4 is 21.7 Å². The van der Waals surface area contributed by atoms with Crippen molar-refractivity contribution in [2.45, 2.75) is 25.7 Å². The fraction of sp³-hybridized carbons (Fsp3) is 0.278. The quantitative estimate of drug-likeness (QED) is 0.702. The van der Waals surface area contributed by atoms with E-state index in [1.165, 1.54) is 12.1 Å². The number of Topliss-reactive ketones (excluding diaryl/α,β-unsaturated/α-hetero) is 1. The number of hydrogen-bond donors (Lipinski definition) is 0. The first-order chi connectivity index (χ1) is 10.1. The Morgan fingerprint density at radius 2 is 2.00 bits per heavy atom. The maximum absolute atomic E-state index is 13.4. The average molecular weight is 347 g/mol. The lowest BCUT2D eigenvalue weighted by Crippen LogP contribution is -2.17. The summed E-state index contributed by atoms with van der Waals surface area (Å²) in [6, 6.07) is 12.5. The molecular formula is C18H16BrFO. The molecular weight excluding hydrogens is 331 g/mol. The van der Waals surface area contributed by atoms with Crippen molar-refractivity contribution in [1.82, 2.24) is 0 Å². The Balaban J connectivity index is 1.89. The Kier molecular flexibility index (Phi) is 4.20. The van der Waals surface area contributed by atoms with E-state index in [1.54, 1.807) is 6.07 Å².